The predicted octanol–water partition coefficient (Wildman–Crippen LogP) is 2.87. The molecule has 0 saturated carbocycles. The number of fused-ring (bicyclic) bond motifs is 1. The van der Waals surface area contributed by atoms with Crippen LogP contribution in [-0.2, 0) is 16.0 Å². The highest BCUT2D eigenvalue weighted by Gasteiger charge is 2.21. The fraction of sp³-hybridized carbons (Fsp3) is 0.500. The van der Waals surface area contributed by atoms with E-state index in [2.05, 4.69) is 15.2 Å². The molecule has 0 radical (unpaired) electrons. The summed E-state index contributed by atoms with van der Waals surface area (Å²) < 4.78 is 5.65. The molecular weight excluding hydrogens is 330 g/mol. The molecule has 1 heterocycles. The van der Waals surface area contributed by atoms with Crippen LogP contribution in [0.4, 0.5) is 0 Å². The first-order valence-electron chi connectivity index (χ1n) is 8.91. The van der Waals surface area contributed by atoms with E-state index in [9.17, 15) is 9.59 Å². The Morgan fingerprint density at radius 1 is 1.27 bits per heavy atom. The number of aromatic amines is 1. The number of hydrogen-bond acceptors (Lipinski definition) is 4. The minimum absolute atomic E-state index is 0.106. The summed E-state index contributed by atoms with van der Waals surface area (Å²) in [6.45, 7) is 6.18. The fourth-order valence-electron chi connectivity index (χ4n) is 2.97. The topological polar surface area (TPSA) is 74.4 Å². The Morgan fingerprint density at radius 3 is 2.65 bits per heavy atom. The second-order valence-electron chi connectivity index (χ2n) is 7.59. The zero-order valence-corrected chi connectivity index (χ0v) is 16.3. The number of ether oxygens (including phenoxy) is 1. The van der Waals surface area contributed by atoms with Gasteiger partial charge in [-0.15, -0.1) is 0 Å². The van der Waals surface area contributed by atoms with Crippen molar-refractivity contribution in [2.45, 2.75) is 45.6 Å². The van der Waals surface area contributed by atoms with Crippen molar-refractivity contribution in [1.82, 2.24) is 15.2 Å². The van der Waals surface area contributed by atoms with Gasteiger partial charge in [-0.1, -0.05) is 6.07 Å². The van der Waals surface area contributed by atoms with Crippen molar-refractivity contribution in [2.75, 3.05) is 20.6 Å². The Kier molecular flexibility index (Phi) is 6.42. The van der Waals surface area contributed by atoms with Gasteiger partial charge < -0.3 is 19.9 Å². The molecule has 0 fully saturated rings. The number of rotatable bonds is 8. The lowest BCUT2D eigenvalue weighted by atomic mass is 9.98. The monoisotopic (exact) mass is 359 g/mol. The van der Waals surface area contributed by atoms with E-state index >= 15 is 0 Å². The molecular formula is C20H29N3O3. The molecule has 0 spiro atoms. The van der Waals surface area contributed by atoms with Gasteiger partial charge in [0.15, 0.2) is 0 Å². The van der Waals surface area contributed by atoms with Gasteiger partial charge in [-0.2, -0.15) is 0 Å². The van der Waals surface area contributed by atoms with Gasteiger partial charge in [0.25, 0.3) is 0 Å². The maximum Gasteiger partial charge on any atom is 0.311 e. The summed E-state index contributed by atoms with van der Waals surface area (Å²) in [5, 5.41) is 3.81. The number of nitrogens with one attached hydrogen (secondary N) is 2. The molecule has 0 aliphatic heterocycles. The van der Waals surface area contributed by atoms with Crippen LogP contribution in [0.5, 0.6) is 5.75 Å². The normalized spacial score (nSPS) is 11.8. The van der Waals surface area contributed by atoms with Gasteiger partial charge in [0, 0.05) is 42.5 Å². The molecule has 0 atom stereocenters. The van der Waals surface area contributed by atoms with Crippen molar-refractivity contribution in [3.05, 3.63) is 30.0 Å². The lowest BCUT2D eigenvalue weighted by molar-refractivity contribution is -0.135. The lowest BCUT2D eigenvalue weighted by Gasteiger charge is -2.25. The molecule has 6 heteroatoms. The summed E-state index contributed by atoms with van der Waals surface area (Å²) >= 11 is 0. The molecule has 0 bridgehead atoms. The smallest absolute Gasteiger partial charge is 0.311 e. The zero-order valence-electron chi connectivity index (χ0n) is 16.3. The molecule has 2 aromatic rings. The van der Waals surface area contributed by atoms with Crippen LogP contribution in [0.15, 0.2) is 24.4 Å². The van der Waals surface area contributed by atoms with E-state index in [1.54, 1.807) is 0 Å². The summed E-state index contributed by atoms with van der Waals surface area (Å²) in [6.07, 6.45) is 3.60. The van der Waals surface area contributed by atoms with E-state index < -0.39 is 5.54 Å². The Labute approximate surface area is 154 Å². The molecule has 6 nitrogen and oxygen atoms in total. The fourth-order valence-corrected chi connectivity index (χ4v) is 2.97. The Bertz CT molecular complexity index is 778. The van der Waals surface area contributed by atoms with E-state index in [1.165, 1.54) is 6.92 Å². The highest BCUT2D eigenvalue weighted by molar-refractivity contribution is 5.91. The average molecular weight is 359 g/mol. The third-order valence-corrected chi connectivity index (χ3v) is 4.27. The highest BCUT2D eigenvalue weighted by atomic mass is 16.5. The summed E-state index contributed by atoms with van der Waals surface area (Å²) in [5.41, 5.74) is 1.65. The van der Waals surface area contributed by atoms with Gasteiger partial charge in [0.05, 0.1) is 0 Å². The van der Waals surface area contributed by atoms with Gasteiger partial charge in [0.2, 0.25) is 5.91 Å². The number of aromatic nitrogens is 1. The van der Waals surface area contributed by atoms with Crippen LogP contribution in [0.25, 0.3) is 10.9 Å². The molecule has 0 aliphatic rings. The average Bonchev–Trinajstić information content (AvgIpc) is 2.94. The zero-order chi connectivity index (χ0) is 19.3. The van der Waals surface area contributed by atoms with Crippen LogP contribution in [0, 0.1) is 0 Å². The molecule has 142 valence electrons. The summed E-state index contributed by atoms with van der Waals surface area (Å²) in [7, 11) is 4.07. The number of carbonyl (C=O) groups is 2. The lowest BCUT2D eigenvalue weighted by Crippen LogP contribution is -2.42. The molecule has 2 rings (SSSR count). The molecule has 1 aromatic carbocycles. The number of hydrogen-bond donors (Lipinski definition) is 2. The maximum atomic E-state index is 12.3. The van der Waals surface area contributed by atoms with Crippen molar-refractivity contribution in [2.24, 2.45) is 0 Å². The number of benzene rings is 1. The van der Waals surface area contributed by atoms with Crippen molar-refractivity contribution >= 4 is 22.8 Å². The quantitative estimate of drug-likeness (QED) is 0.561. The predicted molar refractivity (Wildman–Crippen MR) is 103 cm³/mol. The van der Waals surface area contributed by atoms with Crippen LogP contribution in [0.1, 0.15) is 39.2 Å². The number of esters is 1. The summed E-state index contributed by atoms with van der Waals surface area (Å²) in [6, 6.07) is 5.68. The number of likely N-dealkylation sites (N-methyl/N-ethyl adjacent to an activating group) is 1. The van der Waals surface area contributed by atoms with Crippen LogP contribution in [0.3, 0.4) is 0 Å². The third-order valence-electron chi connectivity index (χ3n) is 4.27. The first-order valence-corrected chi connectivity index (χ1v) is 8.91. The van der Waals surface area contributed by atoms with Crippen molar-refractivity contribution in [1.29, 1.82) is 0 Å². The van der Waals surface area contributed by atoms with Crippen molar-refractivity contribution in [3.63, 3.8) is 0 Å². The second-order valence-corrected chi connectivity index (χ2v) is 7.59. The first-order chi connectivity index (χ1) is 12.2. The Morgan fingerprint density at radius 2 is 2.00 bits per heavy atom. The van der Waals surface area contributed by atoms with Crippen LogP contribution in [-0.4, -0.2) is 47.9 Å². The Balaban J connectivity index is 2.08. The van der Waals surface area contributed by atoms with E-state index in [4.69, 9.17) is 4.74 Å². The molecule has 0 saturated heterocycles. The molecule has 2 N–H and O–H groups in total. The van der Waals surface area contributed by atoms with Crippen LogP contribution in [0.2, 0.25) is 0 Å². The van der Waals surface area contributed by atoms with Gasteiger partial charge in [-0.3, -0.25) is 9.59 Å². The third kappa shape index (κ3) is 5.59. The largest absolute Gasteiger partial charge is 0.426 e. The molecule has 26 heavy (non-hydrogen) atoms. The molecule has 0 unspecified atom stereocenters. The van der Waals surface area contributed by atoms with Gasteiger partial charge >= 0.3 is 5.97 Å². The highest BCUT2D eigenvalue weighted by Crippen LogP contribution is 2.29. The molecule has 1 amide bonds. The number of nitrogens with zero attached hydrogens (tertiary/aromatic N) is 1. The Hall–Kier alpha value is -2.34. The van der Waals surface area contributed by atoms with E-state index in [1.807, 2.05) is 52.3 Å². The van der Waals surface area contributed by atoms with E-state index in [0.717, 1.165) is 29.4 Å². The number of carbonyl (C=O) groups excluding carboxylic acids is 2. The van der Waals surface area contributed by atoms with E-state index in [0.29, 0.717) is 12.2 Å². The van der Waals surface area contributed by atoms with Crippen LogP contribution < -0.4 is 10.1 Å². The van der Waals surface area contributed by atoms with Gasteiger partial charge in [0.1, 0.15) is 5.75 Å². The second kappa shape index (κ2) is 8.36. The maximum absolute atomic E-state index is 12.3. The van der Waals surface area contributed by atoms with Gasteiger partial charge in [-0.05, 0) is 58.5 Å². The van der Waals surface area contributed by atoms with E-state index in [-0.39, 0.29) is 18.3 Å². The standard InChI is InChI=1S/C20H29N3O3/c1-14(24)22-20(2,3)11-9-18(25)26-17-8-6-7-16-19(17)15(13-21-16)10-12-23(4)5/h6-8,13,21H,9-12H2,1-5H3,(H,22,24). The van der Waals surface area contributed by atoms with Crippen molar-refractivity contribution in [3.8, 4) is 5.75 Å². The SMILES string of the molecule is CC(=O)NC(C)(C)CCC(=O)Oc1cccc2[nH]cc(CCN(C)C)c12. The number of H-pyrrole nitrogens is 1. The number of amides is 1. The minimum atomic E-state index is -0.443. The van der Waals surface area contributed by atoms with Crippen LogP contribution >= 0.6 is 0 Å². The van der Waals surface area contributed by atoms with Gasteiger partial charge in [-0.25, -0.2) is 0 Å². The first kappa shape index (κ1) is 20.0. The minimum Gasteiger partial charge on any atom is -0.426 e. The molecule has 0 aliphatic carbocycles. The molecule has 1 aromatic heterocycles. The summed E-state index contributed by atoms with van der Waals surface area (Å²) in [5.74, 6) is 0.182. The van der Waals surface area contributed by atoms with Crippen molar-refractivity contribution < 1.29 is 14.3 Å². The summed E-state index contributed by atoms with van der Waals surface area (Å²) in [4.78, 5) is 28.9.